The summed E-state index contributed by atoms with van der Waals surface area (Å²) in [6, 6.07) is 8.70. The van der Waals surface area contributed by atoms with Crippen LogP contribution in [0.2, 0.25) is 0 Å². The second-order valence-electron chi connectivity index (χ2n) is 5.08. The molecule has 0 aliphatic carbocycles. The molecular weight excluding hydrogens is 234 g/mol. The molecule has 1 aliphatic heterocycles. The van der Waals surface area contributed by atoms with Gasteiger partial charge in [-0.25, -0.2) is 8.42 Å². The lowest BCUT2D eigenvalue weighted by atomic mass is 9.94. The van der Waals surface area contributed by atoms with Gasteiger partial charge in [0.15, 0.2) is 0 Å². The molecule has 1 aliphatic rings. The van der Waals surface area contributed by atoms with E-state index in [-0.39, 0.29) is 0 Å². The second-order valence-corrected chi connectivity index (χ2v) is 7.02. The van der Waals surface area contributed by atoms with Crippen LogP contribution in [0.15, 0.2) is 35.2 Å². The van der Waals surface area contributed by atoms with Crippen molar-refractivity contribution in [2.45, 2.75) is 25.2 Å². The molecule has 0 radical (unpaired) electrons. The van der Waals surface area contributed by atoms with Gasteiger partial charge in [-0.3, -0.25) is 0 Å². The van der Waals surface area contributed by atoms with Crippen molar-refractivity contribution in [3.63, 3.8) is 0 Å². The van der Waals surface area contributed by atoms with Gasteiger partial charge in [-0.2, -0.15) is 4.31 Å². The maximum atomic E-state index is 12.4. The van der Waals surface area contributed by atoms with Crippen LogP contribution in [0.3, 0.4) is 0 Å². The van der Waals surface area contributed by atoms with Crippen LogP contribution in [0.25, 0.3) is 0 Å². The molecular formula is C13H19NO2S. The summed E-state index contributed by atoms with van der Waals surface area (Å²) >= 11 is 0. The number of piperidine rings is 1. The van der Waals surface area contributed by atoms with Crippen LogP contribution in [0, 0.1) is 11.8 Å². The lowest BCUT2D eigenvalue weighted by Crippen LogP contribution is -2.42. The minimum atomic E-state index is -3.29. The largest absolute Gasteiger partial charge is 0.243 e. The molecule has 0 bridgehead atoms. The molecule has 0 saturated carbocycles. The zero-order valence-corrected chi connectivity index (χ0v) is 11.2. The van der Waals surface area contributed by atoms with Crippen molar-refractivity contribution in [3.8, 4) is 0 Å². The van der Waals surface area contributed by atoms with Gasteiger partial charge in [0, 0.05) is 13.1 Å². The molecule has 1 aromatic rings. The monoisotopic (exact) mass is 253 g/mol. The summed E-state index contributed by atoms with van der Waals surface area (Å²) in [5.74, 6) is 0.884. The Morgan fingerprint density at radius 2 is 1.59 bits per heavy atom. The average Bonchev–Trinajstić information content (AvgIpc) is 2.29. The van der Waals surface area contributed by atoms with Crippen molar-refractivity contribution in [3.05, 3.63) is 30.3 Å². The first-order valence-corrected chi connectivity index (χ1v) is 7.49. The third-order valence-corrected chi connectivity index (χ3v) is 5.06. The first kappa shape index (κ1) is 12.6. The average molecular weight is 253 g/mol. The van der Waals surface area contributed by atoms with E-state index in [2.05, 4.69) is 13.8 Å². The maximum Gasteiger partial charge on any atom is 0.243 e. The molecule has 1 saturated heterocycles. The first-order valence-electron chi connectivity index (χ1n) is 6.05. The Morgan fingerprint density at radius 1 is 1.06 bits per heavy atom. The van der Waals surface area contributed by atoms with Crippen molar-refractivity contribution < 1.29 is 8.42 Å². The number of rotatable bonds is 2. The standard InChI is InChI=1S/C13H19NO2S/c1-11-8-12(2)10-14(9-11)17(15,16)13-6-4-3-5-7-13/h3-7,11-12H,8-10H2,1-2H3/t11-,12-/m0/s1. The highest BCUT2D eigenvalue weighted by molar-refractivity contribution is 7.89. The topological polar surface area (TPSA) is 37.4 Å². The van der Waals surface area contributed by atoms with E-state index in [9.17, 15) is 8.42 Å². The first-order chi connectivity index (χ1) is 8.00. The summed E-state index contributed by atoms with van der Waals surface area (Å²) in [6.45, 7) is 5.51. The number of hydrogen-bond donors (Lipinski definition) is 0. The Hall–Kier alpha value is -0.870. The number of nitrogens with zero attached hydrogens (tertiary/aromatic N) is 1. The lowest BCUT2D eigenvalue weighted by molar-refractivity contribution is 0.222. The van der Waals surface area contributed by atoms with E-state index in [0.717, 1.165) is 6.42 Å². The summed E-state index contributed by atoms with van der Waals surface area (Å²) in [6.07, 6.45) is 1.11. The van der Waals surface area contributed by atoms with E-state index in [1.165, 1.54) is 0 Å². The summed E-state index contributed by atoms with van der Waals surface area (Å²) < 4.78 is 26.4. The van der Waals surface area contributed by atoms with Crippen molar-refractivity contribution in [1.29, 1.82) is 0 Å². The summed E-state index contributed by atoms with van der Waals surface area (Å²) in [4.78, 5) is 0.404. The third-order valence-electron chi connectivity index (χ3n) is 3.22. The predicted molar refractivity (Wildman–Crippen MR) is 68.1 cm³/mol. The van der Waals surface area contributed by atoms with E-state index in [1.807, 2.05) is 6.07 Å². The SMILES string of the molecule is C[C@H]1C[C@H](C)CN(S(=O)(=O)c2ccccc2)C1. The molecule has 0 spiro atoms. The van der Waals surface area contributed by atoms with Crippen molar-refractivity contribution >= 4 is 10.0 Å². The molecule has 4 heteroatoms. The molecule has 2 rings (SSSR count). The fourth-order valence-electron chi connectivity index (χ4n) is 2.54. The van der Waals surface area contributed by atoms with Crippen LogP contribution in [0.4, 0.5) is 0 Å². The third kappa shape index (κ3) is 2.69. The fraction of sp³-hybridized carbons (Fsp3) is 0.538. The van der Waals surface area contributed by atoms with E-state index in [4.69, 9.17) is 0 Å². The number of hydrogen-bond acceptors (Lipinski definition) is 2. The molecule has 2 atom stereocenters. The second kappa shape index (κ2) is 4.78. The summed E-state index contributed by atoms with van der Waals surface area (Å²) in [7, 11) is -3.29. The Bertz CT molecular complexity index is 459. The van der Waals surface area contributed by atoms with Gasteiger partial charge in [-0.15, -0.1) is 0 Å². The number of sulfonamides is 1. The van der Waals surface area contributed by atoms with E-state index in [1.54, 1.807) is 28.6 Å². The van der Waals surface area contributed by atoms with Crippen molar-refractivity contribution in [1.82, 2.24) is 4.31 Å². The van der Waals surface area contributed by atoms with Gasteiger partial charge in [0.1, 0.15) is 0 Å². The van der Waals surface area contributed by atoms with Crippen LogP contribution < -0.4 is 0 Å². The molecule has 0 aromatic heterocycles. The normalized spacial score (nSPS) is 26.9. The zero-order chi connectivity index (χ0) is 12.5. The highest BCUT2D eigenvalue weighted by Crippen LogP contribution is 2.26. The van der Waals surface area contributed by atoms with Gasteiger partial charge >= 0.3 is 0 Å². The quantitative estimate of drug-likeness (QED) is 0.811. The minimum absolute atomic E-state index is 0.404. The van der Waals surface area contributed by atoms with E-state index < -0.39 is 10.0 Å². The highest BCUT2D eigenvalue weighted by Gasteiger charge is 2.31. The lowest BCUT2D eigenvalue weighted by Gasteiger charge is -2.34. The maximum absolute atomic E-state index is 12.4. The van der Waals surface area contributed by atoms with Crippen LogP contribution in [0.1, 0.15) is 20.3 Å². The van der Waals surface area contributed by atoms with Gasteiger partial charge in [0.25, 0.3) is 0 Å². The van der Waals surface area contributed by atoms with Crippen LogP contribution in [-0.4, -0.2) is 25.8 Å². The van der Waals surface area contributed by atoms with Gasteiger partial charge in [0.2, 0.25) is 10.0 Å². The van der Waals surface area contributed by atoms with Crippen LogP contribution >= 0.6 is 0 Å². The summed E-state index contributed by atoms with van der Waals surface area (Å²) in [5.41, 5.74) is 0. The smallest absolute Gasteiger partial charge is 0.207 e. The van der Waals surface area contributed by atoms with Crippen LogP contribution in [0.5, 0.6) is 0 Å². The molecule has 1 fully saturated rings. The van der Waals surface area contributed by atoms with Gasteiger partial charge in [0.05, 0.1) is 4.90 Å². The van der Waals surface area contributed by atoms with E-state index >= 15 is 0 Å². The molecule has 17 heavy (non-hydrogen) atoms. The molecule has 3 nitrogen and oxygen atoms in total. The van der Waals surface area contributed by atoms with Gasteiger partial charge in [-0.1, -0.05) is 32.0 Å². The van der Waals surface area contributed by atoms with E-state index in [0.29, 0.717) is 29.8 Å². The Kier molecular flexibility index (Phi) is 3.54. The predicted octanol–water partition coefficient (Wildman–Crippen LogP) is 2.35. The molecule has 1 aromatic carbocycles. The molecule has 94 valence electrons. The van der Waals surface area contributed by atoms with Gasteiger partial charge < -0.3 is 0 Å². The highest BCUT2D eigenvalue weighted by atomic mass is 32.2. The van der Waals surface area contributed by atoms with Crippen molar-refractivity contribution in [2.24, 2.45) is 11.8 Å². The van der Waals surface area contributed by atoms with Crippen LogP contribution in [-0.2, 0) is 10.0 Å². The zero-order valence-electron chi connectivity index (χ0n) is 10.3. The fourth-order valence-corrected chi connectivity index (χ4v) is 4.24. The Morgan fingerprint density at radius 3 is 2.12 bits per heavy atom. The molecule has 0 amide bonds. The molecule has 1 heterocycles. The molecule has 0 unspecified atom stereocenters. The summed E-state index contributed by atoms with van der Waals surface area (Å²) in [5, 5.41) is 0. The Labute approximate surface area is 104 Å². The van der Waals surface area contributed by atoms with Crippen molar-refractivity contribution in [2.75, 3.05) is 13.1 Å². The minimum Gasteiger partial charge on any atom is -0.207 e. The Balaban J connectivity index is 2.27. The number of benzene rings is 1. The molecule has 0 N–H and O–H groups in total. The van der Waals surface area contributed by atoms with Gasteiger partial charge in [-0.05, 0) is 30.4 Å².